The Kier molecular flexibility index (Phi) is 4.45. The highest BCUT2D eigenvalue weighted by molar-refractivity contribution is 7.80. The van der Waals surface area contributed by atoms with Crippen molar-refractivity contribution in [2.75, 3.05) is 6.61 Å². The number of aliphatic hydroxyl groups excluding tert-OH is 4. The Hall–Kier alpha value is -1.10. The van der Waals surface area contributed by atoms with Crippen molar-refractivity contribution in [1.82, 2.24) is 14.9 Å². The Morgan fingerprint density at radius 1 is 1.32 bits per heavy atom. The molecule has 106 valence electrons. The van der Waals surface area contributed by atoms with E-state index in [0.717, 1.165) is 0 Å². The van der Waals surface area contributed by atoms with Crippen LogP contribution in [-0.4, -0.2) is 72.3 Å². The van der Waals surface area contributed by atoms with E-state index in [-0.39, 0.29) is 5.11 Å². The summed E-state index contributed by atoms with van der Waals surface area (Å²) in [6.45, 7) is -0.485. The summed E-state index contributed by atoms with van der Waals surface area (Å²) in [5, 5.41) is 41.0. The first-order valence-electron chi connectivity index (χ1n) is 5.64. The number of hydrogen-bond acceptors (Lipinski definition) is 7. The van der Waals surface area contributed by atoms with Gasteiger partial charge in [-0.3, -0.25) is 4.57 Å². The maximum absolute atomic E-state index is 9.80. The van der Waals surface area contributed by atoms with Gasteiger partial charge in [0, 0.05) is 12.4 Å². The van der Waals surface area contributed by atoms with Crippen LogP contribution in [0.5, 0.6) is 0 Å². The van der Waals surface area contributed by atoms with Gasteiger partial charge in [-0.05, 0) is 12.2 Å². The Balaban J connectivity index is 2.05. The van der Waals surface area contributed by atoms with Crippen LogP contribution in [0.2, 0.25) is 0 Å². The highest BCUT2D eigenvalue weighted by Crippen LogP contribution is 2.19. The molecule has 8 nitrogen and oxygen atoms in total. The third-order valence-corrected chi connectivity index (χ3v) is 3.23. The fourth-order valence-corrected chi connectivity index (χ4v) is 2.02. The second kappa shape index (κ2) is 5.90. The van der Waals surface area contributed by atoms with E-state index in [4.69, 9.17) is 22.1 Å². The Labute approximate surface area is 114 Å². The number of rotatable bonds is 2. The second-order valence-electron chi connectivity index (χ2n) is 4.17. The molecule has 0 aliphatic carbocycles. The lowest BCUT2D eigenvalue weighted by Crippen LogP contribution is -2.63. The number of nitrogens with zero attached hydrogens (tertiary/aromatic N) is 2. The summed E-state index contributed by atoms with van der Waals surface area (Å²) in [5.74, 6) is 0. The summed E-state index contributed by atoms with van der Waals surface area (Å²) in [7, 11) is 0. The summed E-state index contributed by atoms with van der Waals surface area (Å²) in [6.07, 6.45) is -1.62. The molecule has 1 saturated heterocycles. The lowest BCUT2D eigenvalue weighted by atomic mass is 9.98. The zero-order valence-corrected chi connectivity index (χ0v) is 10.6. The quantitative estimate of drug-likeness (QED) is 0.376. The van der Waals surface area contributed by atoms with E-state index in [9.17, 15) is 15.3 Å². The molecule has 1 aliphatic rings. The van der Waals surface area contributed by atoms with Crippen LogP contribution in [0.1, 0.15) is 0 Å². The van der Waals surface area contributed by atoms with Crippen LogP contribution in [0.25, 0.3) is 0 Å². The molecule has 2 rings (SSSR count). The Morgan fingerprint density at radius 2 is 2.05 bits per heavy atom. The molecule has 2 heterocycles. The van der Waals surface area contributed by atoms with Crippen LogP contribution >= 0.6 is 12.2 Å². The van der Waals surface area contributed by atoms with Crippen molar-refractivity contribution in [3.05, 3.63) is 18.7 Å². The monoisotopic (exact) mass is 289 g/mol. The Bertz CT molecular complexity index is 427. The van der Waals surface area contributed by atoms with Gasteiger partial charge in [-0.2, -0.15) is 0 Å². The van der Waals surface area contributed by atoms with E-state index in [1.165, 1.54) is 17.1 Å². The molecule has 0 unspecified atom stereocenters. The van der Waals surface area contributed by atoms with Crippen LogP contribution in [0.15, 0.2) is 18.7 Å². The van der Waals surface area contributed by atoms with E-state index < -0.39 is 37.3 Å². The number of nitrogens with one attached hydrogen (secondary N) is 1. The molecule has 0 spiro atoms. The van der Waals surface area contributed by atoms with Crippen LogP contribution in [0.3, 0.4) is 0 Å². The van der Waals surface area contributed by atoms with Gasteiger partial charge in [0.05, 0.1) is 6.61 Å². The zero-order chi connectivity index (χ0) is 14.0. The average molecular weight is 289 g/mol. The third kappa shape index (κ3) is 2.91. The van der Waals surface area contributed by atoms with Crippen LogP contribution in [-0.2, 0) is 4.74 Å². The van der Waals surface area contributed by atoms with E-state index in [1.54, 1.807) is 6.20 Å². The fourth-order valence-electron chi connectivity index (χ4n) is 1.80. The smallest absolute Gasteiger partial charge is 0.180 e. The highest BCUT2D eigenvalue weighted by Gasteiger charge is 2.43. The minimum atomic E-state index is -1.44. The fraction of sp³-hybridized carbons (Fsp3) is 0.600. The molecule has 1 aromatic heterocycles. The summed E-state index contributed by atoms with van der Waals surface area (Å²) in [6, 6.07) is 0. The topological polar surface area (TPSA) is 120 Å². The van der Waals surface area contributed by atoms with Gasteiger partial charge in [-0.1, -0.05) is 0 Å². The zero-order valence-electron chi connectivity index (χ0n) is 9.83. The van der Waals surface area contributed by atoms with Gasteiger partial charge in [0.25, 0.3) is 0 Å². The Morgan fingerprint density at radius 3 is 2.63 bits per heavy atom. The molecule has 1 aromatic rings. The summed E-state index contributed by atoms with van der Waals surface area (Å²) < 4.78 is 6.74. The van der Waals surface area contributed by atoms with Crippen LogP contribution < -0.4 is 5.32 Å². The van der Waals surface area contributed by atoms with Gasteiger partial charge in [-0.15, -0.1) is 0 Å². The predicted octanol–water partition coefficient (Wildman–Crippen LogP) is -2.59. The van der Waals surface area contributed by atoms with Gasteiger partial charge < -0.3 is 30.5 Å². The minimum Gasteiger partial charge on any atom is -0.394 e. The van der Waals surface area contributed by atoms with E-state index in [0.29, 0.717) is 0 Å². The minimum absolute atomic E-state index is 0.210. The molecule has 5 N–H and O–H groups in total. The number of hydrogen-bond donors (Lipinski definition) is 5. The van der Waals surface area contributed by atoms with Crippen LogP contribution in [0, 0.1) is 0 Å². The van der Waals surface area contributed by atoms with Gasteiger partial charge in [-0.25, -0.2) is 4.98 Å². The lowest BCUT2D eigenvalue weighted by Gasteiger charge is -2.40. The maximum atomic E-state index is 9.80. The number of imidazole rings is 1. The highest BCUT2D eigenvalue weighted by atomic mass is 32.1. The molecule has 0 radical (unpaired) electrons. The van der Waals surface area contributed by atoms with Gasteiger partial charge >= 0.3 is 0 Å². The largest absolute Gasteiger partial charge is 0.394 e. The molecular weight excluding hydrogens is 274 g/mol. The van der Waals surface area contributed by atoms with E-state index >= 15 is 0 Å². The van der Waals surface area contributed by atoms with Gasteiger partial charge in [0.15, 0.2) is 11.3 Å². The summed E-state index contributed by atoms with van der Waals surface area (Å²) >= 11 is 5.07. The van der Waals surface area contributed by atoms with Crippen molar-refractivity contribution in [2.24, 2.45) is 0 Å². The predicted molar refractivity (Wildman–Crippen MR) is 67.1 cm³/mol. The number of aromatic nitrogens is 2. The van der Waals surface area contributed by atoms with Crippen molar-refractivity contribution in [3.8, 4) is 0 Å². The summed E-state index contributed by atoms with van der Waals surface area (Å²) in [4.78, 5) is 3.82. The molecule has 1 fully saturated rings. The van der Waals surface area contributed by atoms with Crippen molar-refractivity contribution in [1.29, 1.82) is 0 Å². The molecule has 0 aromatic carbocycles. The molecule has 0 amide bonds. The standard InChI is InChI=1S/C10H15N3O5S/c14-3-5-6(15)7(16)8(17)9(18-5)12-10(19)13-2-1-11-4-13/h1-2,4-9,14-17H,3H2,(H,12,19)/t5-,6-,7+,8-,9-/m1/s1. The first-order chi connectivity index (χ1) is 9.04. The normalized spacial score (nSPS) is 35.1. The molecule has 5 atom stereocenters. The van der Waals surface area contributed by atoms with Crippen molar-refractivity contribution in [2.45, 2.75) is 30.6 Å². The van der Waals surface area contributed by atoms with Crippen LogP contribution in [0.4, 0.5) is 0 Å². The SMILES string of the molecule is OC[C@H]1O[C@@H](NC(=S)n2ccnc2)[C@H](O)[C@@H](O)[C@@H]1O. The molecular formula is C10H15N3O5S. The molecule has 1 aliphatic heterocycles. The number of aliphatic hydroxyl groups is 4. The molecule has 19 heavy (non-hydrogen) atoms. The van der Waals surface area contributed by atoms with E-state index in [1.807, 2.05) is 0 Å². The average Bonchev–Trinajstić information content (AvgIpc) is 2.93. The molecule has 9 heteroatoms. The summed E-state index contributed by atoms with van der Waals surface area (Å²) in [5.41, 5.74) is 0. The number of ether oxygens (including phenoxy) is 1. The first kappa shape index (κ1) is 14.3. The third-order valence-electron chi connectivity index (χ3n) is 2.90. The maximum Gasteiger partial charge on any atom is 0.180 e. The number of thiocarbonyl (C=S) groups is 1. The van der Waals surface area contributed by atoms with Crippen molar-refractivity contribution in [3.63, 3.8) is 0 Å². The first-order valence-corrected chi connectivity index (χ1v) is 6.04. The molecule has 0 saturated carbocycles. The molecule has 0 bridgehead atoms. The lowest BCUT2D eigenvalue weighted by molar-refractivity contribution is -0.232. The van der Waals surface area contributed by atoms with Crippen molar-refractivity contribution < 1.29 is 25.2 Å². The van der Waals surface area contributed by atoms with Gasteiger partial charge in [0.2, 0.25) is 0 Å². The second-order valence-corrected chi connectivity index (χ2v) is 4.56. The van der Waals surface area contributed by atoms with Crippen molar-refractivity contribution >= 4 is 17.3 Å². The van der Waals surface area contributed by atoms with E-state index in [2.05, 4.69) is 10.3 Å². The van der Waals surface area contributed by atoms with Gasteiger partial charge in [0.1, 0.15) is 30.7 Å².